The van der Waals surface area contributed by atoms with Gasteiger partial charge in [0.25, 0.3) is 0 Å². The van der Waals surface area contributed by atoms with Crippen LogP contribution in [0.4, 0.5) is 0 Å². The van der Waals surface area contributed by atoms with E-state index >= 15 is 0 Å². The SMILES string of the molecule is COc1cc2c(c(OC)c1OC)-c1ccc(SC)c(=O)cc1C(NC1OC(COC(C)=O)C(OC(C)=O)C(OC(C)=O)C1OC(C)=O)CC2. The molecule has 49 heavy (non-hydrogen) atoms. The molecule has 6 atom stereocenters. The fraction of sp³-hybridized carbons (Fsp3) is 0.500. The van der Waals surface area contributed by atoms with Crippen molar-refractivity contribution in [3.63, 3.8) is 0 Å². The minimum atomic E-state index is -1.36. The fourth-order valence-electron chi connectivity index (χ4n) is 6.20. The third kappa shape index (κ3) is 8.46. The maximum absolute atomic E-state index is 13.5. The maximum atomic E-state index is 13.5. The Bertz CT molecular complexity index is 1650. The first-order valence-corrected chi connectivity index (χ1v) is 16.7. The number of benzene rings is 1. The van der Waals surface area contributed by atoms with Gasteiger partial charge in [0.15, 0.2) is 41.5 Å². The van der Waals surface area contributed by atoms with Gasteiger partial charge in [-0.2, -0.15) is 0 Å². The van der Waals surface area contributed by atoms with Gasteiger partial charge in [0.05, 0.1) is 26.2 Å². The summed E-state index contributed by atoms with van der Waals surface area (Å²) in [6, 6.07) is 6.33. The summed E-state index contributed by atoms with van der Waals surface area (Å²) in [5, 5.41) is 3.39. The van der Waals surface area contributed by atoms with Crippen LogP contribution in [0.5, 0.6) is 17.2 Å². The Balaban J connectivity index is 1.91. The van der Waals surface area contributed by atoms with Gasteiger partial charge in [-0.05, 0) is 54.0 Å². The quantitative estimate of drug-likeness (QED) is 0.206. The molecule has 1 fully saturated rings. The summed E-state index contributed by atoms with van der Waals surface area (Å²) in [4.78, 5) is 62.8. The number of esters is 4. The lowest BCUT2D eigenvalue weighted by Crippen LogP contribution is -2.65. The smallest absolute Gasteiger partial charge is 0.303 e. The number of fused-ring (bicyclic) bond motifs is 3. The molecule has 0 spiro atoms. The molecule has 1 heterocycles. The molecule has 0 amide bonds. The van der Waals surface area contributed by atoms with Crippen molar-refractivity contribution in [2.75, 3.05) is 34.2 Å². The Morgan fingerprint density at radius 2 is 1.47 bits per heavy atom. The van der Waals surface area contributed by atoms with Gasteiger partial charge in [-0.15, -0.1) is 11.8 Å². The van der Waals surface area contributed by atoms with Crippen LogP contribution in [0.1, 0.15) is 51.3 Å². The van der Waals surface area contributed by atoms with Crippen LogP contribution in [0.25, 0.3) is 11.1 Å². The van der Waals surface area contributed by atoms with Crippen molar-refractivity contribution in [3.8, 4) is 28.4 Å². The standard InChI is InChI=1S/C34H41NO13S/c1-16(36)44-15-26-30(45-17(2)37)32(46-18(3)38)33(47-19(4)39)34(48-26)35-23-11-9-20-13-25(41-5)29(42-6)31(43-7)28(20)21-10-12-27(49-8)24(40)14-22(21)23/h10,12-14,23,26,30,32-35H,9,11,15H2,1-8H3. The van der Waals surface area contributed by atoms with Crippen LogP contribution < -0.4 is 25.0 Å². The summed E-state index contributed by atoms with van der Waals surface area (Å²) >= 11 is 1.30. The zero-order valence-corrected chi connectivity index (χ0v) is 29.4. The second-order valence-corrected chi connectivity index (χ2v) is 12.2. The third-order valence-corrected chi connectivity index (χ3v) is 8.85. The normalized spacial score (nSPS) is 22.7. The Morgan fingerprint density at radius 3 is 2.04 bits per heavy atom. The highest BCUT2D eigenvalue weighted by molar-refractivity contribution is 7.98. The van der Waals surface area contributed by atoms with Crippen LogP contribution in [-0.4, -0.2) is 88.7 Å². The molecule has 0 aromatic heterocycles. The minimum Gasteiger partial charge on any atom is -0.493 e. The van der Waals surface area contributed by atoms with E-state index in [1.807, 2.05) is 12.1 Å². The van der Waals surface area contributed by atoms with Gasteiger partial charge in [0.1, 0.15) is 12.7 Å². The van der Waals surface area contributed by atoms with Crippen LogP contribution in [-0.2, 0) is 49.3 Å². The van der Waals surface area contributed by atoms with E-state index in [1.54, 1.807) is 12.3 Å². The fourth-order valence-corrected chi connectivity index (χ4v) is 6.66. The zero-order chi connectivity index (χ0) is 36.0. The van der Waals surface area contributed by atoms with Crippen molar-refractivity contribution in [2.45, 2.75) is 82.1 Å². The number of thioether (sulfide) groups is 1. The van der Waals surface area contributed by atoms with Gasteiger partial charge >= 0.3 is 23.9 Å². The number of aryl methyl sites for hydroxylation is 1. The average Bonchev–Trinajstić information content (AvgIpc) is 3.29. The second kappa shape index (κ2) is 16.4. The monoisotopic (exact) mass is 703 g/mol. The van der Waals surface area contributed by atoms with E-state index in [0.29, 0.717) is 51.7 Å². The molecule has 1 N–H and O–H groups in total. The molecular formula is C34H41NO13S. The average molecular weight is 704 g/mol. The summed E-state index contributed by atoms with van der Waals surface area (Å²) < 4.78 is 45.6. The van der Waals surface area contributed by atoms with Gasteiger partial charge in [-0.25, -0.2) is 0 Å². The van der Waals surface area contributed by atoms with Crippen molar-refractivity contribution in [1.29, 1.82) is 0 Å². The Hall–Kier alpha value is -4.34. The van der Waals surface area contributed by atoms with Gasteiger partial charge < -0.3 is 37.9 Å². The summed E-state index contributed by atoms with van der Waals surface area (Å²) in [6.45, 7) is 4.30. The zero-order valence-electron chi connectivity index (χ0n) is 28.6. The number of hydrogen-bond acceptors (Lipinski definition) is 15. The topological polar surface area (TPSA) is 171 Å². The van der Waals surface area contributed by atoms with Crippen molar-refractivity contribution in [3.05, 3.63) is 45.6 Å². The molecule has 2 aliphatic rings. The van der Waals surface area contributed by atoms with E-state index in [4.69, 9.17) is 37.9 Å². The Labute approximate surface area is 288 Å². The van der Waals surface area contributed by atoms with Crippen LogP contribution >= 0.6 is 11.8 Å². The van der Waals surface area contributed by atoms with Gasteiger partial charge in [0, 0.05) is 39.3 Å². The minimum absolute atomic E-state index is 0.231. The number of carbonyl (C=O) groups excluding carboxylic acids is 4. The molecule has 1 aliphatic carbocycles. The highest BCUT2D eigenvalue weighted by atomic mass is 32.2. The molecule has 0 bridgehead atoms. The first kappa shape index (κ1) is 37.5. The molecule has 1 saturated heterocycles. The predicted molar refractivity (Wildman–Crippen MR) is 176 cm³/mol. The highest BCUT2D eigenvalue weighted by Crippen LogP contribution is 2.50. The molecule has 14 nitrogen and oxygen atoms in total. The maximum Gasteiger partial charge on any atom is 0.303 e. The van der Waals surface area contributed by atoms with Crippen LogP contribution in [0.3, 0.4) is 0 Å². The van der Waals surface area contributed by atoms with E-state index in [2.05, 4.69) is 5.32 Å². The van der Waals surface area contributed by atoms with Crippen molar-refractivity contribution in [2.24, 2.45) is 0 Å². The van der Waals surface area contributed by atoms with E-state index in [0.717, 1.165) is 19.4 Å². The largest absolute Gasteiger partial charge is 0.493 e. The number of ether oxygens (including phenoxy) is 8. The lowest BCUT2D eigenvalue weighted by atomic mass is 9.94. The van der Waals surface area contributed by atoms with Gasteiger partial charge in [0.2, 0.25) is 5.75 Å². The number of methoxy groups -OCH3 is 3. The third-order valence-electron chi connectivity index (χ3n) is 8.08. The molecule has 0 radical (unpaired) electrons. The summed E-state index contributed by atoms with van der Waals surface area (Å²) in [6.07, 6.45) is -3.73. The molecule has 6 unspecified atom stereocenters. The van der Waals surface area contributed by atoms with Crippen molar-refractivity contribution < 1.29 is 57.1 Å². The Morgan fingerprint density at radius 1 is 0.837 bits per heavy atom. The number of carbonyl (C=O) groups is 4. The molecule has 2 aromatic rings. The van der Waals surface area contributed by atoms with Crippen LogP contribution in [0.15, 0.2) is 34.0 Å². The molecular weight excluding hydrogens is 662 g/mol. The lowest BCUT2D eigenvalue weighted by Gasteiger charge is -2.45. The molecule has 266 valence electrons. The van der Waals surface area contributed by atoms with Gasteiger partial charge in [-0.1, -0.05) is 6.07 Å². The molecule has 0 saturated carbocycles. The number of rotatable bonds is 11. The Kier molecular flexibility index (Phi) is 12.5. The predicted octanol–water partition coefficient (Wildman–Crippen LogP) is 3.12. The second-order valence-electron chi connectivity index (χ2n) is 11.3. The summed E-state index contributed by atoms with van der Waals surface area (Å²) in [7, 11) is 4.55. The highest BCUT2D eigenvalue weighted by Gasteiger charge is 2.52. The molecule has 4 rings (SSSR count). The van der Waals surface area contributed by atoms with Crippen molar-refractivity contribution >= 4 is 35.6 Å². The van der Waals surface area contributed by atoms with E-state index in [-0.39, 0.29) is 12.0 Å². The van der Waals surface area contributed by atoms with Crippen LogP contribution in [0, 0.1) is 0 Å². The first-order valence-electron chi connectivity index (χ1n) is 15.4. The molecule has 1 aliphatic heterocycles. The van der Waals surface area contributed by atoms with E-state index in [1.165, 1.54) is 53.0 Å². The summed E-state index contributed by atoms with van der Waals surface area (Å²) in [5.74, 6) is -1.59. The van der Waals surface area contributed by atoms with E-state index < -0.39 is 60.6 Å². The van der Waals surface area contributed by atoms with Gasteiger partial charge in [-0.3, -0.25) is 29.3 Å². The molecule has 2 aromatic carbocycles. The number of hydrogen-bond donors (Lipinski definition) is 1. The lowest BCUT2D eigenvalue weighted by molar-refractivity contribution is -0.259. The van der Waals surface area contributed by atoms with E-state index in [9.17, 15) is 24.0 Å². The first-order chi connectivity index (χ1) is 23.3. The van der Waals surface area contributed by atoms with Crippen molar-refractivity contribution in [1.82, 2.24) is 5.32 Å². The summed E-state index contributed by atoms with van der Waals surface area (Å²) in [5.41, 5.74) is 2.55. The molecule has 15 heteroatoms. The number of nitrogens with one attached hydrogen (secondary N) is 1. The van der Waals surface area contributed by atoms with Crippen LogP contribution in [0.2, 0.25) is 0 Å².